The normalized spacial score (nSPS) is 11.2. The second-order valence-corrected chi connectivity index (χ2v) is 6.35. The number of thiophene rings is 1. The Morgan fingerprint density at radius 3 is 2.61 bits per heavy atom. The van der Waals surface area contributed by atoms with Crippen LogP contribution in [0.4, 0.5) is 0 Å². The van der Waals surface area contributed by atoms with E-state index in [0.717, 1.165) is 15.6 Å². The van der Waals surface area contributed by atoms with Crippen molar-refractivity contribution in [2.24, 2.45) is 0 Å². The highest BCUT2D eigenvalue weighted by Gasteiger charge is 2.16. The molecule has 0 saturated carbocycles. The third-order valence-corrected chi connectivity index (χ3v) is 4.95. The summed E-state index contributed by atoms with van der Waals surface area (Å²) in [6, 6.07) is 15.1. The van der Waals surface area contributed by atoms with Crippen molar-refractivity contribution in [3.05, 3.63) is 76.0 Å². The van der Waals surface area contributed by atoms with Gasteiger partial charge >= 0.3 is 0 Å². The zero-order chi connectivity index (χ0) is 16.0. The van der Waals surface area contributed by atoms with Gasteiger partial charge in [0, 0.05) is 17.3 Å². The van der Waals surface area contributed by atoms with Crippen LogP contribution in [0.25, 0.3) is 26.7 Å². The van der Waals surface area contributed by atoms with Crippen LogP contribution in [0.2, 0.25) is 0 Å². The molecule has 0 radical (unpaired) electrons. The fourth-order valence-electron chi connectivity index (χ4n) is 2.90. The van der Waals surface area contributed by atoms with Crippen LogP contribution in [0.15, 0.2) is 64.9 Å². The van der Waals surface area contributed by atoms with Gasteiger partial charge in [0.15, 0.2) is 5.78 Å². The van der Waals surface area contributed by atoms with Gasteiger partial charge in [-0.25, -0.2) is 0 Å². The predicted octanol–water partition coefficient (Wildman–Crippen LogP) is 4.38. The minimum atomic E-state index is -0.105. The van der Waals surface area contributed by atoms with Gasteiger partial charge in [-0.3, -0.25) is 14.0 Å². The first kappa shape index (κ1) is 13.9. The topological polar surface area (TPSA) is 38.5 Å². The Labute approximate surface area is 136 Å². The molecule has 0 aliphatic heterocycles. The standard InChI is InChI=1S/C19H13NO2S/c1-12(21)15-11-16(13-5-3-2-4-6-13)19(22)20-9-7-14-8-10-23-18(14)17(15)20/h2-11H,1H3. The van der Waals surface area contributed by atoms with Crippen LogP contribution in [-0.4, -0.2) is 10.2 Å². The molecule has 112 valence electrons. The van der Waals surface area contributed by atoms with Crippen molar-refractivity contribution in [3.63, 3.8) is 0 Å². The number of Topliss-reactive ketones (excluding diaryl/α,β-unsaturated/α-hetero) is 1. The lowest BCUT2D eigenvalue weighted by Gasteiger charge is -2.10. The molecule has 3 heterocycles. The number of pyridine rings is 2. The van der Waals surface area contributed by atoms with E-state index in [1.807, 2.05) is 47.8 Å². The largest absolute Gasteiger partial charge is 0.294 e. The van der Waals surface area contributed by atoms with Gasteiger partial charge in [0.2, 0.25) is 0 Å². The molecule has 4 aromatic rings. The van der Waals surface area contributed by atoms with Crippen molar-refractivity contribution in [1.29, 1.82) is 0 Å². The number of benzene rings is 1. The molecule has 1 aromatic carbocycles. The van der Waals surface area contributed by atoms with Crippen LogP contribution in [0, 0.1) is 0 Å². The number of ketones is 1. The lowest BCUT2D eigenvalue weighted by Crippen LogP contribution is -2.18. The number of rotatable bonds is 2. The number of hydrogen-bond donors (Lipinski definition) is 0. The molecule has 0 aliphatic rings. The molecule has 0 amide bonds. The average Bonchev–Trinajstić information content (AvgIpc) is 3.04. The lowest BCUT2D eigenvalue weighted by atomic mass is 10.0. The fourth-order valence-corrected chi connectivity index (χ4v) is 3.84. The molecule has 3 aromatic heterocycles. The molecule has 0 spiro atoms. The summed E-state index contributed by atoms with van der Waals surface area (Å²) in [6.45, 7) is 1.54. The first-order chi connectivity index (χ1) is 11.2. The van der Waals surface area contributed by atoms with Gasteiger partial charge in [0.05, 0.1) is 10.2 Å². The van der Waals surface area contributed by atoms with Gasteiger partial charge in [-0.05, 0) is 41.5 Å². The van der Waals surface area contributed by atoms with E-state index in [-0.39, 0.29) is 11.3 Å². The van der Waals surface area contributed by atoms with Crippen molar-refractivity contribution < 1.29 is 4.79 Å². The van der Waals surface area contributed by atoms with Crippen molar-refractivity contribution in [2.75, 3.05) is 0 Å². The molecule has 0 atom stereocenters. The summed E-state index contributed by atoms with van der Waals surface area (Å²) in [5.74, 6) is -0.0411. The Kier molecular flexibility index (Phi) is 3.13. The maximum atomic E-state index is 12.9. The molecular formula is C19H13NO2S. The van der Waals surface area contributed by atoms with Crippen LogP contribution < -0.4 is 5.56 Å². The number of fused-ring (bicyclic) bond motifs is 3. The molecule has 4 rings (SSSR count). The number of carbonyl (C=O) groups is 1. The second kappa shape index (κ2) is 5.18. The fraction of sp³-hybridized carbons (Fsp3) is 0.0526. The molecule has 4 heteroatoms. The number of aromatic nitrogens is 1. The van der Waals surface area contributed by atoms with Gasteiger partial charge in [-0.2, -0.15) is 0 Å². The molecule has 0 unspecified atom stereocenters. The van der Waals surface area contributed by atoms with E-state index < -0.39 is 0 Å². The van der Waals surface area contributed by atoms with Crippen LogP contribution in [-0.2, 0) is 0 Å². The Morgan fingerprint density at radius 1 is 1.09 bits per heavy atom. The molecule has 0 N–H and O–H groups in total. The molecule has 23 heavy (non-hydrogen) atoms. The van der Waals surface area contributed by atoms with E-state index in [0.29, 0.717) is 16.6 Å². The Bertz CT molecular complexity index is 1110. The molecule has 0 fully saturated rings. The molecule has 0 bridgehead atoms. The summed E-state index contributed by atoms with van der Waals surface area (Å²) in [5, 5.41) is 3.02. The summed E-state index contributed by atoms with van der Waals surface area (Å²) in [7, 11) is 0. The summed E-state index contributed by atoms with van der Waals surface area (Å²) in [4.78, 5) is 25.1. The molecular weight excluding hydrogens is 306 g/mol. The summed E-state index contributed by atoms with van der Waals surface area (Å²) < 4.78 is 2.56. The zero-order valence-corrected chi connectivity index (χ0v) is 13.3. The van der Waals surface area contributed by atoms with E-state index in [9.17, 15) is 9.59 Å². The van der Waals surface area contributed by atoms with Crippen LogP contribution in [0.3, 0.4) is 0 Å². The zero-order valence-electron chi connectivity index (χ0n) is 12.4. The van der Waals surface area contributed by atoms with E-state index in [2.05, 4.69) is 0 Å². The summed E-state index contributed by atoms with van der Waals surface area (Å²) >= 11 is 1.55. The first-order valence-corrected chi connectivity index (χ1v) is 8.17. The molecule has 3 nitrogen and oxygen atoms in total. The van der Waals surface area contributed by atoms with E-state index in [1.54, 1.807) is 34.9 Å². The number of carbonyl (C=O) groups excluding carboxylic acids is 1. The predicted molar refractivity (Wildman–Crippen MR) is 94.5 cm³/mol. The first-order valence-electron chi connectivity index (χ1n) is 7.29. The SMILES string of the molecule is CC(=O)c1cc(-c2ccccc2)c(=O)n2ccc3ccsc3c12. The minimum Gasteiger partial charge on any atom is -0.294 e. The third-order valence-electron chi connectivity index (χ3n) is 4.01. The van der Waals surface area contributed by atoms with E-state index in [1.165, 1.54) is 0 Å². The van der Waals surface area contributed by atoms with Crippen molar-refractivity contribution in [2.45, 2.75) is 6.92 Å². The van der Waals surface area contributed by atoms with Crippen LogP contribution >= 0.6 is 11.3 Å². The number of hydrogen-bond acceptors (Lipinski definition) is 3. The quantitative estimate of drug-likeness (QED) is 0.514. The Hall–Kier alpha value is -2.72. The van der Waals surface area contributed by atoms with Gasteiger partial charge in [0.25, 0.3) is 5.56 Å². The van der Waals surface area contributed by atoms with Gasteiger partial charge < -0.3 is 0 Å². The highest BCUT2D eigenvalue weighted by atomic mass is 32.1. The highest BCUT2D eigenvalue weighted by Crippen LogP contribution is 2.29. The second-order valence-electron chi connectivity index (χ2n) is 5.44. The lowest BCUT2D eigenvalue weighted by molar-refractivity contribution is 0.101. The summed E-state index contributed by atoms with van der Waals surface area (Å²) in [5.41, 5.74) is 2.54. The maximum absolute atomic E-state index is 12.9. The minimum absolute atomic E-state index is 0.0411. The van der Waals surface area contributed by atoms with Crippen molar-refractivity contribution >= 4 is 32.7 Å². The van der Waals surface area contributed by atoms with E-state index in [4.69, 9.17) is 0 Å². The maximum Gasteiger partial charge on any atom is 0.263 e. The number of nitrogens with zero attached hydrogens (tertiary/aromatic N) is 1. The highest BCUT2D eigenvalue weighted by molar-refractivity contribution is 7.18. The average molecular weight is 319 g/mol. The van der Waals surface area contributed by atoms with Crippen molar-refractivity contribution in [3.8, 4) is 11.1 Å². The van der Waals surface area contributed by atoms with E-state index >= 15 is 0 Å². The third kappa shape index (κ3) is 2.11. The molecule has 0 aliphatic carbocycles. The van der Waals surface area contributed by atoms with Crippen molar-refractivity contribution in [1.82, 2.24) is 4.40 Å². The van der Waals surface area contributed by atoms with Gasteiger partial charge in [-0.15, -0.1) is 11.3 Å². The Balaban J connectivity index is 2.21. The summed E-state index contributed by atoms with van der Waals surface area (Å²) in [6.07, 6.45) is 1.76. The monoisotopic (exact) mass is 319 g/mol. The van der Waals surface area contributed by atoms with Gasteiger partial charge in [-0.1, -0.05) is 30.3 Å². The smallest absolute Gasteiger partial charge is 0.263 e. The van der Waals surface area contributed by atoms with Crippen LogP contribution in [0.1, 0.15) is 17.3 Å². The molecule has 0 saturated heterocycles. The van der Waals surface area contributed by atoms with Gasteiger partial charge in [0.1, 0.15) is 0 Å². The van der Waals surface area contributed by atoms with Crippen LogP contribution in [0.5, 0.6) is 0 Å². The Morgan fingerprint density at radius 2 is 1.87 bits per heavy atom.